The number of hydrogen-bond donors (Lipinski definition) is 1. The maximum absolute atomic E-state index is 11.6. The highest BCUT2D eigenvalue weighted by Crippen LogP contribution is 2.18. The lowest BCUT2D eigenvalue weighted by Gasteiger charge is -2.09. The molecule has 1 aromatic rings. The van der Waals surface area contributed by atoms with Gasteiger partial charge in [0.05, 0.1) is 13.2 Å². The van der Waals surface area contributed by atoms with E-state index in [1.54, 1.807) is 19.2 Å². The Hall–Kier alpha value is -2.68. The minimum Gasteiger partial charge on any atom is -0.496 e. The summed E-state index contributed by atoms with van der Waals surface area (Å²) in [4.78, 5) is 23.3. The van der Waals surface area contributed by atoms with Gasteiger partial charge in [0.25, 0.3) is 0 Å². The molecular weight excluding hydrogens is 284 g/mol. The minimum atomic E-state index is -1.15. The molecule has 0 aromatic heterocycles. The quantitative estimate of drug-likeness (QED) is 0.584. The summed E-state index contributed by atoms with van der Waals surface area (Å²) >= 11 is 0. The predicted molar refractivity (Wildman–Crippen MR) is 79.8 cm³/mol. The molecule has 0 saturated heterocycles. The van der Waals surface area contributed by atoms with Crippen molar-refractivity contribution < 1.29 is 19.1 Å². The molecule has 6 heteroatoms. The van der Waals surface area contributed by atoms with Crippen LogP contribution in [0.5, 0.6) is 5.75 Å². The Morgan fingerprint density at radius 1 is 1.36 bits per heavy atom. The summed E-state index contributed by atoms with van der Waals surface area (Å²) in [5, 5.41) is 16.1. The fraction of sp³-hybridized carbons (Fsp3) is 0.375. The summed E-state index contributed by atoms with van der Waals surface area (Å²) in [5.74, 6) is -1.57. The molecule has 0 radical (unpaired) electrons. The second-order valence-electron chi connectivity index (χ2n) is 4.68. The number of nitriles is 1. The van der Waals surface area contributed by atoms with Gasteiger partial charge >= 0.3 is 5.97 Å². The molecule has 1 rings (SSSR count). The zero-order chi connectivity index (χ0) is 16.5. The van der Waals surface area contributed by atoms with E-state index in [-0.39, 0.29) is 12.1 Å². The van der Waals surface area contributed by atoms with Crippen molar-refractivity contribution >= 4 is 17.5 Å². The van der Waals surface area contributed by atoms with E-state index in [2.05, 4.69) is 0 Å². The molecule has 0 heterocycles. The number of benzene rings is 1. The largest absolute Gasteiger partial charge is 0.496 e. The van der Waals surface area contributed by atoms with Crippen molar-refractivity contribution in [3.05, 3.63) is 29.8 Å². The third kappa shape index (κ3) is 5.02. The second kappa shape index (κ2) is 8.57. The van der Waals surface area contributed by atoms with Gasteiger partial charge in [0.2, 0.25) is 0 Å². The molecule has 0 fully saturated rings. The Labute approximate surface area is 129 Å². The number of aryl methyl sites for hydroxylation is 1. The molecule has 116 valence electrons. The van der Waals surface area contributed by atoms with E-state index in [1.165, 1.54) is 6.92 Å². The Kier molecular flexibility index (Phi) is 6.77. The van der Waals surface area contributed by atoms with Crippen LogP contribution in [0.2, 0.25) is 0 Å². The number of methoxy groups -OCH3 is 1. The Morgan fingerprint density at radius 3 is 2.64 bits per heavy atom. The van der Waals surface area contributed by atoms with Gasteiger partial charge in [-0.3, -0.25) is 9.59 Å². The molecule has 0 saturated carbocycles. The Morgan fingerprint density at radius 2 is 2.05 bits per heavy atom. The highest BCUT2D eigenvalue weighted by Gasteiger charge is 2.21. The van der Waals surface area contributed by atoms with Gasteiger partial charge < -0.3 is 14.9 Å². The number of hydrogen-bond acceptors (Lipinski definition) is 6. The third-order valence-electron chi connectivity index (χ3n) is 3.05. The number of Topliss-reactive ketones (excluding diaryl/α,β-unsaturated/α-hetero) is 1. The van der Waals surface area contributed by atoms with E-state index in [9.17, 15) is 9.59 Å². The lowest BCUT2D eigenvalue weighted by atomic mass is 10.0. The van der Waals surface area contributed by atoms with Crippen molar-refractivity contribution in [3.8, 4) is 11.8 Å². The normalized spacial score (nSPS) is 11.1. The van der Waals surface area contributed by atoms with E-state index in [1.807, 2.05) is 18.2 Å². The number of esters is 1. The topological polar surface area (TPSA) is 100 Å². The molecule has 0 bridgehead atoms. The Balaban J connectivity index is 2.46. The van der Waals surface area contributed by atoms with Crippen molar-refractivity contribution in [2.75, 3.05) is 13.7 Å². The molecule has 0 aliphatic carbocycles. The number of nitrogens with one attached hydrogen (secondary N) is 1. The number of ketones is 1. The molecule has 22 heavy (non-hydrogen) atoms. The van der Waals surface area contributed by atoms with Crippen LogP contribution in [0.3, 0.4) is 0 Å². The molecule has 6 nitrogen and oxygen atoms in total. The summed E-state index contributed by atoms with van der Waals surface area (Å²) in [6.45, 7) is 0.883. The summed E-state index contributed by atoms with van der Waals surface area (Å²) in [6, 6.07) is 9.04. The number of carbonyl (C=O) groups excluding carboxylic acids is 2. The first-order valence-electron chi connectivity index (χ1n) is 6.74. The first-order chi connectivity index (χ1) is 10.5. The van der Waals surface area contributed by atoms with Crippen LogP contribution in [0, 0.1) is 22.7 Å². The summed E-state index contributed by atoms with van der Waals surface area (Å²) in [6.07, 6.45) is 0.538. The lowest BCUT2D eigenvalue weighted by molar-refractivity contribution is -0.148. The van der Waals surface area contributed by atoms with E-state index in [4.69, 9.17) is 20.1 Å². The van der Waals surface area contributed by atoms with Gasteiger partial charge in [0.1, 0.15) is 11.7 Å². The van der Waals surface area contributed by atoms with Crippen LogP contribution >= 0.6 is 0 Å². The van der Waals surface area contributed by atoms with Crippen LogP contribution in [0.15, 0.2) is 24.3 Å². The number of nitrogens with zero attached hydrogens (tertiary/aromatic N) is 1. The lowest BCUT2D eigenvalue weighted by Crippen LogP contribution is -2.25. The summed E-state index contributed by atoms with van der Waals surface area (Å²) in [7, 11) is 1.55. The van der Waals surface area contributed by atoms with Crippen LogP contribution in [-0.4, -0.2) is 31.2 Å². The van der Waals surface area contributed by atoms with Gasteiger partial charge in [-0.2, -0.15) is 5.26 Å². The minimum absolute atomic E-state index is 0.0578. The van der Waals surface area contributed by atoms with Gasteiger partial charge in [-0.15, -0.1) is 0 Å². The Bertz CT molecular complexity index is 604. The predicted octanol–water partition coefficient (Wildman–Crippen LogP) is 1.92. The van der Waals surface area contributed by atoms with E-state index < -0.39 is 24.3 Å². The van der Waals surface area contributed by atoms with E-state index in [0.717, 1.165) is 5.56 Å². The SMILES string of the molecule is COc1ccccc1CCC(=O)OCC(=O)C(C#N)C(C)=N. The molecule has 1 unspecified atom stereocenters. The van der Waals surface area contributed by atoms with Crippen molar-refractivity contribution in [2.45, 2.75) is 19.8 Å². The van der Waals surface area contributed by atoms with E-state index >= 15 is 0 Å². The molecule has 0 amide bonds. The van der Waals surface area contributed by atoms with Crippen LogP contribution in [-0.2, 0) is 20.7 Å². The average molecular weight is 302 g/mol. The maximum atomic E-state index is 11.6. The maximum Gasteiger partial charge on any atom is 0.306 e. The van der Waals surface area contributed by atoms with Crippen molar-refractivity contribution in [1.82, 2.24) is 0 Å². The third-order valence-corrected chi connectivity index (χ3v) is 3.05. The molecular formula is C16H18N2O4. The van der Waals surface area contributed by atoms with Crippen LogP contribution in [0.1, 0.15) is 18.9 Å². The van der Waals surface area contributed by atoms with Gasteiger partial charge in [-0.1, -0.05) is 18.2 Å². The average Bonchev–Trinajstić information content (AvgIpc) is 2.51. The van der Waals surface area contributed by atoms with Crippen LogP contribution in [0.25, 0.3) is 0 Å². The number of rotatable bonds is 8. The molecule has 1 N–H and O–H groups in total. The van der Waals surface area contributed by atoms with Crippen LogP contribution < -0.4 is 4.74 Å². The van der Waals surface area contributed by atoms with Gasteiger partial charge in [-0.05, 0) is 25.0 Å². The van der Waals surface area contributed by atoms with E-state index in [0.29, 0.717) is 12.2 Å². The molecule has 1 aromatic carbocycles. The highest BCUT2D eigenvalue weighted by molar-refractivity contribution is 6.05. The monoisotopic (exact) mass is 302 g/mol. The molecule has 0 aliphatic heterocycles. The standard InChI is InChI=1S/C16H18N2O4/c1-11(18)13(9-17)14(19)10-22-16(20)8-7-12-5-3-4-6-15(12)21-2/h3-6,13,18H,7-8,10H2,1-2H3. The second-order valence-corrected chi connectivity index (χ2v) is 4.68. The summed E-state index contributed by atoms with van der Waals surface area (Å²) in [5.41, 5.74) is 0.816. The first kappa shape index (κ1) is 17.4. The van der Waals surface area contributed by atoms with Crippen LogP contribution in [0.4, 0.5) is 0 Å². The fourth-order valence-corrected chi connectivity index (χ4v) is 1.86. The smallest absolute Gasteiger partial charge is 0.306 e. The fourth-order valence-electron chi connectivity index (χ4n) is 1.86. The number of carbonyl (C=O) groups is 2. The molecule has 0 aliphatic rings. The zero-order valence-corrected chi connectivity index (χ0v) is 12.6. The molecule has 1 atom stereocenters. The van der Waals surface area contributed by atoms with Gasteiger partial charge in [-0.25, -0.2) is 0 Å². The first-order valence-corrected chi connectivity index (χ1v) is 6.74. The highest BCUT2D eigenvalue weighted by atomic mass is 16.5. The summed E-state index contributed by atoms with van der Waals surface area (Å²) < 4.78 is 10.0. The van der Waals surface area contributed by atoms with Crippen molar-refractivity contribution in [3.63, 3.8) is 0 Å². The molecule has 0 spiro atoms. The van der Waals surface area contributed by atoms with Gasteiger partial charge in [0.15, 0.2) is 12.4 Å². The number of ether oxygens (including phenoxy) is 2. The zero-order valence-electron chi connectivity index (χ0n) is 12.6. The number of para-hydroxylation sites is 1. The van der Waals surface area contributed by atoms with Crippen molar-refractivity contribution in [1.29, 1.82) is 10.7 Å². The van der Waals surface area contributed by atoms with Gasteiger partial charge in [0, 0.05) is 12.1 Å². The van der Waals surface area contributed by atoms with Crippen molar-refractivity contribution in [2.24, 2.45) is 5.92 Å².